The summed E-state index contributed by atoms with van der Waals surface area (Å²) in [6.07, 6.45) is 0. The lowest BCUT2D eigenvalue weighted by Gasteiger charge is -1.93. The molecular weight excluding hydrogens is 200 g/mol. The monoisotopic (exact) mass is 206 g/mol. The van der Waals surface area contributed by atoms with E-state index in [9.17, 15) is 8.42 Å². The highest BCUT2D eigenvalue weighted by Crippen LogP contribution is 1.93. The second kappa shape index (κ2) is 3.38. The van der Waals surface area contributed by atoms with E-state index < -0.39 is 17.2 Å². The maximum absolute atomic E-state index is 10.6. The lowest BCUT2D eigenvalue weighted by Crippen LogP contribution is -2.19. The average molecular weight is 207 g/mol. The number of halogens is 1. The highest BCUT2D eigenvalue weighted by Gasteiger charge is 2.06. The normalized spacial score (nSPS) is 12.5. The smallest absolute Gasteiger partial charge is 0.215 e. The molecule has 0 saturated heterocycles. The Balaban J connectivity index is 2.82. The van der Waals surface area contributed by atoms with E-state index >= 15 is 0 Å². The summed E-state index contributed by atoms with van der Waals surface area (Å²) in [6.45, 7) is 0. The van der Waals surface area contributed by atoms with Crippen molar-refractivity contribution < 1.29 is 8.42 Å². The summed E-state index contributed by atoms with van der Waals surface area (Å²) in [5.41, 5.74) is 0. The van der Waals surface area contributed by atoms with Gasteiger partial charge in [0, 0.05) is 10.7 Å². The highest BCUT2D eigenvalue weighted by molar-refractivity contribution is 8.33. The van der Waals surface area contributed by atoms with Gasteiger partial charge in [-0.3, -0.25) is 0 Å². The van der Waals surface area contributed by atoms with Crippen LogP contribution in [0.4, 0.5) is 0 Å². The van der Waals surface area contributed by atoms with E-state index in [-0.39, 0.29) is 0 Å². The van der Waals surface area contributed by atoms with E-state index in [0.717, 1.165) is 5.19 Å². The summed E-state index contributed by atoms with van der Waals surface area (Å²) < 4.78 is 21.3. The fourth-order valence-corrected chi connectivity index (χ4v) is 4.54. The molecule has 0 aromatic heterocycles. The fraction of sp³-hybridized carbons (Fsp3) is 0. The Labute approximate surface area is 72.1 Å². The first-order valence-electron chi connectivity index (χ1n) is 3.04. The van der Waals surface area contributed by atoms with Crippen LogP contribution in [0.1, 0.15) is 0 Å². The lowest BCUT2D eigenvalue weighted by atomic mass is 10.4. The van der Waals surface area contributed by atoms with Gasteiger partial charge >= 0.3 is 0 Å². The quantitative estimate of drug-likeness (QED) is 0.503. The van der Waals surface area contributed by atoms with Gasteiger partial charge in [0.05, 0.1) is 0 Å². The molecule has 0 radical (unpaired) electrons. The van der Waals surface area contributed by atoms with Crippen molar-refractivity contribution in [3.63, 3.8) is 0 Å². The molecule has 0 spiro atoms. The number of benzene rings is 1. The zero-order valence-electron chi connectivity index (χ0n) is 5.70. The fourth-order valence-electron chi connectivity index (χ4n) is 0.773. The molecule has 0 unspecified atom stereocenters. The van der Waals surface area contributed by atoms with E-state index in [4.69, 9.17) is 10.7 Å². The van der Waals surface area contributed by atoms with Crippen molar-refractivity contribution in [2.75, 3.05) is 0 Å². The standard InChI is InChI=1S/C6H7ClO2SSi/c7-10(8,9)11-6-4-2-1-3-5-6/h1-5H,11H2. The van der Waals surface area contributed by atoms with Crippen molar-refractivity contribution in [2.45, 2.75) is 0 Å². The maximum Gasteiger partial charge on any atom is 0.215 e. The lowest BCUT2D eigenvalue weighted by molar-refractivity contribution is 0.621. The highest BCUT2D eigenvalue weighted by atomic mass is 35.7. The van der Waals surface area contributed by atoms with Gasteiger partial charge in [-0.05, 0) is 5.19 Å². The molecule has 0 fully saturated rings. The molecule has 0 heterocycles. The first-order chi connectivity index (χ1) is 5.08. The third-order valence-corrected chi connectivity index (χ3v) is 5.35. The van der Waals surface area contributed by atoms with Gasteiger partial charge in [0.25, 0.3) is 0 Å². The Morgan fingerprint density at radius 2 is 1.73 bits per heavy atom. The first-order valence-corrected chi connectivity index (χ1v) is 7.96. The van der Waals surface area contributed by atoms with Crippen molar-refractivity contribution in [1.29, 1.82) is 0 Å². The van der Waals surface area contributed by atoms with Crippen LogP contribution < -0.4 is 5.19 Å². The molecule has 1 aromatic rings. The predicted molar refractivity (Wildman–Crippen MR) is 49.4 cm³/mol. The minimum atomic E-state index is -3.27. The average Bonchev–Trinajstić information content (AvgIpc) is 1.85. The van der Waals surface area contributed by atoms with Gasteiger partial charge in [-0.15, -0.1) is 0 Å². The van der Waals surface area contributed by atoms with E-state index in [0.29, 0.717) is 0 Å². The summed E-state index contributed by atoms with van der Waals surface area (Å²) >= 11 is 0. The van der Waals surface area contributed by atoms with E-state index in [1.807, 2.05) is 18.2 Å². The van der Waals surface area contributed by atoms with E-state index in [2.05, 4.69) is 0 Å². The van der Waals surface area contributed by atoms with Gasteiger partial charge in [0.1, 0.15) is 0 Å². The van der Waals surface area contributed by atoms with Crippen molar-refractivity contribution in [3.8, 4) is 0 Å². The van der Waals surface area contributed by atoms with Crippen molar-refractivity contribution in [3.05, 3.63) is 30.3 Å². The molecule has 11 heavy (non-hydrogen) atoms. The SMILES string of the molecule is O=S(=O)(Cl)[SiH2]c1ccccc1. The van der Waals surface area contributed by atoms with E-state index in [1.54, 1.807) is 12.1 Å². The minimum absolute atomic E-state index is 0.850. The minimum Gasteiger partial charge on any atom is -0.220 e. The van der Waals surface area contributed by atoms with Crippen molar-refractivity contribution in [1.82, 2.24) is 0 Å². The largest absolute Gasteiger partial charge is 0.220 e. The van der Waals surface area contributed by atoms with E-state index in [1.165, 1.54) is 0 Å². The molecular formula is C6H7ClO2SSi. The van der Waals surface area contributed by atoms with Gasteiger partial charge in [-0.25, -0.2) is 8.42 Å². The number of hydrogen-bond acceptors (Lipinski definition) is 2. The summed E-state index contributed by atoms with van der Waals surface area (Å²) in [6, 6.07) is 9.03. The Morgan fingerprint density at radius 3 is 2.18 bits per heavy atom. The number of rotatable bonds is 2. The van der Waals surface area contributed by atoms with Gasteiger partial charge in [-0.1, -0.05) is 30.3 Å². The maximum atomic E-state index is 10.6. The molecule has 0 atom stereocenters. The molecule has 0 amide bonds. The summed E-state index contributed by atoms with van der Waals surface area (Å²) in [5, 5.41) is 0.850. The summed E-state index contributed by atoms with van der Waals surface area (Å²) in [5.74, 6) is 0. The van der Waals surface area contributed by atoms with Gasteiger partial charge < -0.3 is 0 Å². The molecule has 0 bridgehead atoms. The molecule has 1 aromatic carbocycles. The Kier molecular flexibility index (Phi) is 2.70. The van der Waals surface area contributed by atoms with Gasteiger partial charge in [0.2, 0.25) is 8.67 Å². The number of hydrogen-bond donors (Lipinski definition) is 0. The summed E-state index contributed by atoms with van der Waals surface area (Å²) in [7, 11) is 0.500. The Bertz CT molecular complexity index is 322. The van der Waals surface area contributed by atoms with Crippen LogP contribution >= 0.6 is 10.7 Å². The topological polar surface area (TPSA) is 34.1 Å². The third-order valence-electron chi connectivity index (χ3n) is 1.18. The molecule has 0 aliphatic carbocycles. The molecule has 2 nitrogen and oxygen atoms in total. The van der Waals surface area contributed by atoms with Crippen LogP contribution in [0.5, 0.6) is 0 Å². The molecule has 60 valence electrons. The van der Waals surface area contributed by atoms with Gasteiger partial charge in [0.15, 0.2) is 8.50 Å². The van der Waals surface area contributed by atoms with Crippen LogP contribution in [0.15, 0.2) is 30.3 Å². The first kappa shape index (κ1) is 8.77. The molecule has 0 aliphatic heterocycles. The molecule has 5 heteroatoms. The zero-order valence-corrected chi connectivity index (χ0v) is 8.68. The van der Waals surface area contributed by atoms with Crippen LogP contribution in [-0.2, 0) is 8.50 Å². The predicted octanol–water partition coefficient (Wildman–Crippen LogP) is -0.0357. The molecule has 0 aliphatic rings. The van der Waals surface area contributed by atoms with Crippen molar-refractivity contribution in [2.24, 2.45) is 0 Å². The van der Waals surface area contributed by atoms with Crippen LogP contribution in [0, 0.1) is 0 Å². The zero-order chi connectivity index (χ0) is 8.32. The van der Waals surface area contributed by atoms with Gasteiger partial charge in [-0.2, -0.15) is 0 Å². The third kappa shape index (κ3) is 3.55. The summed E-state index contributed by atoms with van der Waals surface area (Å²) in [4.78, 5) is 0. The van der Waals surface area contributed by atoms with Crippen molar-refractivity contribution >= 4 is 33.0 Å². The second-order valence-electron chi connectivity index (χ2n) is 2.17. The second-order valence-corrected chi connectivity index (χ2v) is 10.0. The van der Waals surface area contributed by atoms with Crippen LogP contribution in [0.2, 0.25) is 0 Å². The van der Waals surface area contributed by atoms with Crippen LogP contribution in [0.25, 0.3) is 0 Å². The Hall–Kier alpha value is -0.323. The van der Waals surface area contributed by atoms with Crippen LogP contribution in [0.3, 0.4) is 0 Å². The molecule has 0 saturated carbocycles. The van der Waals surface area contributed by atoms with Crippen LogP contribution in [-0.4, -0.2) is 17.1 Å². The molecule has 1 rings (SSSR count). The molecule has 0 N–H and O–H groups in total. The Morgan fingerprint density at radius 1 is 1.18 bits per heavy atom.